The Morgan fingerprint density at radius 3 is 2.59 bits per heavy atom. The van der Waals surface area contributed by atoms with Crippen molar-refractivity contribution in [3.05, 3.63) is 72.4 Å². The number of aromatic nitrogens is 3. The number of sulfone groups is 1. The molecule has 1 aliphatic heterocycles. The molecule has 5 rings (SSSR count). The Hall–Kier alpha value is -3.73. The van der Waals surface area contributed by atoms with Gasteiger partial charge in [-0.2, -0.15) is 8.78 Å². The van der Waals surface area contributed by atoms with Gasteiger partial charge in [0.25, 0.3) is 0 Å². The molecule has 7 nitrogen and oxygen atoms in total. The molecule has 0 aliphatic carbocycles. The zero-order chi connectivity index (χ0) is 26.4. The molecule has 11 heteroatoms. The van der Waals surface area contributed by atoms with Gasteiger partial charge in [-0.15, -0.1) is 0 Å². The molecule has 0 radical (unpaired) electrons. The normalized spacial score (nSPS) is 18.9. The highest BCUT2D eigenvalue weighted by Gasteiger charge is 2.40. The molecule has 1 saturated heterocycles. The first-order chi connectivity index (χ1) is 17.5. The zero-order valence-corrected chi connectivity index (χ0v) is 20.5. The quantitative estimate of drug-likeness (QED) is 0.305. The fourth-order valence-electron chi connectivity index (χ4n) is 4.77. The molecule has 0 spiro atoms. The van der Waals surface area contributed by atoms with E-state index in [1.165, 1.54) is 12.1 Å². The number of alkyl halides is 2. The fraction of sp³-hybridized carbons (Fsp3) is 0.269. The number of ketones is 1. The number of hydrogen-bond acceptors (Lipinski definition) is 6. The van der Waals surface area contributed by atoms with Crippen molar-refractivity contribution in [1.82, 2.24) is 14.5 Å². The van der Waals surface area contributed by atoms with E-state index in [2.05, 4.69) is 14.7 Å². The highest BCUT2D eigenvalue weighted by Crippen LogP contribution is 2.38. The Morgan fingerprint density at radius 2 is 1.92 bits per heavy atom. The van der Waals surface area contributed by atoms with Crippen molar-refractivity contribution in [1.29, 1.82) is 0 Å². The van der Waals surface area contributed by atoms with E-state index in [-0.39, 0.29) is 35.4 Å². The molecule has 0 amide bonds. The van der Waals surface area contributed by atoms with E-state index in [0.717, 1.165) is 12.4 Å². The lowest BCUT2D eigenvalue weighted by atomic mass is 9.83. The Kier molecular flexibility index (Phi) is 6.26. The first kappa shape index (κ1) is 24.9. The van der Waals surface area contributed by atoms with Crippen molar-refractivity contribution in [2.75, 3.05) is 11.5 Å². The second-order valence-electron chi connectivity index (χ2n) is 9.50. The van der Waals surface area contributed by atoms with Crippen LogP contribution in [0.3, 0.4) is 0 Å². The second-order valence-corrected chi connectivity index (χ2v) is 11.7. The lowest BCUT2D eigenvalue weighted by Crippen LogP contribution is -2.22. The fourth-order valence-corrected chi connectivity index (χ4v) is 7.03. The maximum Gasteiger partial charge on any atom is 0.387 e. The molecule has 2 aromatic carbocycles. The van der Waals surface area contributed by atoms with E-state index in [1.807, 2.05) is 0 Å². The maximum atomic E-state index is 13.5. The predicted octanol–water partition coefficient (Wildman–Crippen LogP) is 5.23. The monoisotopic (exact) mass is 529 g/mol. The van der Waals surface area contributed by atoms with Gasteiger partial charge in [-0.1, -0.05) is 31.2 Å². The summed E-state index contributed by atoms with van der Waals surface area (Å²) in [5.74, 6) is -0.655. The highest BCUT2D eigenvalue weighted by atomic mass is 32.2. The summed E-state index contributed by atoms with van der Waals surface area (Å²) < 4.78 is 69.1. The van der Waals surface area contributed by atoms with Crippen molar-refractivity contribution in [3.63, 3.8) is 0 Å². The molecule has 1 atom stereocenters. The minimum Gasteiger partial charge on any atom is -0.435 e. The minimum absolute atomic E-state index is 0.0158. The largest absolute Gasteiger partial charge is 0.435 e. The third-order valence-corrected chi connectivity index (χ3v) is 8.46. The topological polar surface area (TPSA) is 91.2 Å². The summed E-state index contributed by atoms with van der Waals surface area (Å²) in [5.41, 5.74) is 1.49. The molecule has 4 aromatic rings. The van der Waals surface area contributed by atoms with Gasteiger partial charge in [0.1, 0.15) is 5.75 Å². The molecule has 1 aliphatic rings. The van der Waals surface area contributed by atoms with Gasteiger partial charge in [0.2, 0.25) is 5.95 Å². The Bertz CT molecular complexity index is 1600. The summed E-state index contributed by atoms with van der Waals surface area (Å²) in [6.45, 7) is -1.18. The Labute approximate surface area is 210 Å². The van der Waals surface area contributed by atoms with Gasteiger partial charge in [-0.05, 0) is 35.6 Å². The number of benzene rings is 2. The van der Waals surface area contributed by atoms with Crippen LogP contribution >= 0.6 is 0 Å². The summed E-state index contributed by atoms with van der Waals surface area (Å²) in [5, 5.41) is 0.674. The molecule has 0 saturated carbocycles. The van der Waals surface area contributed by atoms with Gasteiger partial charge in [0.15, 0.2) is 21.4 Å². The molecular weight excluding hydrogens is 507 g/mol. The summed E-state index contributed by atoms with van der Waals surface area (Å²) >= 11 is 0. The van der Waals surface area contributed by atoms with Crippen molar-refractivity contribution < 1.29 is 31.1 Å². The standard InChI is InChI=1S/C26H22F3N3O4S/c1-26(7-8-37(34,35)15-26)11-23(33)17-5-6-20-21(16-3-2-4-19(9-16)36-24(28)29)14-32(22(20)10-17)25-30-12-18(27)13-31-25/h2-6,9-10,12-14,24H,7-8,11,15H2,1H3. The molecule has 192 valence electrons. The highest BCUT2D eigenvalue weighted by molar-refractivity contribution is 7.91. The number of fused-ring (bicyclic) bond motifs is 1. The van der Waals surface area contributed by atoms with E-state index >= 15 is 0 Å². The van der Waals surface area contributed by atoms with Crippen LogP contribution in [0, 0.1) is 11.2 Å². The number of ether oxygens (including phenoxy) is 1. The number of nitrogens with zero attached hydrogens (tertiary/aromatic N) is 3. The third-order valence-electron chi connectivity index (χ3n) is 6.49. The van der Waals surface area contributed by atoms with Gasteiger partial charge in [0, 0.05) is 29.1 Å². The van der Waals surface area contributed by atoms with Crippen molar-refractivity contribution in [3.8, 4) is 22.8 Å². The van der Waals surface area contributed by atoms with Gasteiger partial charge < -0.3 is 4.74 Å². The maximum absolute atomic E-state index is 13.5. The zero-order valence-electron chi connectivity index (χ0n) is 19.7. The predicted molar refractivity (Wildman–Crippen MR) is 131 cm³/mol. The number of hydrogen-bond donors (Lipinski definition) is 0. The molecule has 3 heterocycles. The van der Waals surface area contributed by atoms with Crippen LogP contribution in [0.2, 0.25) is 0 Å². The number of Topliss-reactive ketones (excluding diaryl/α,β-unsaturated/α-hetero) is 1. The van der Waals surface area contributed by atoms with Gasteiger partial charge in [-0.3, -0.25) is 9.36 Å². The molecule has 1 unspecified atom stereocenters. The first-order valence-corrected chi connectivity index (χ1v) is 13.3. The molecule has 2 aromatic heterocycles. The molecule has 0 N–H and O–H groups in total. The first-order valence-electron chi connectivity index (χ1n) is 11.4. The van der Waals surface area contributed by atoms with Crippen LogP contribution in [0.15, 0.2) is 61.1 Å². The average Bonchev–Trinajstić information content (AvgIpc) is 3.35. The van der Waals surface area contributed by atoms with Crippen LogP contribution in [0.25, 0.3) is 28.0 Å². The summed E-state index contributed by atoms with van der Waals surface area (Å²) in [7, 11) is -3.16. The lowest BCUT2D eigenvalue weighted by molar-refractivity contribution is -0.0498. The van der Waals surface area contributed by atoms with Gasteiger partial charge >= 0.3 is 6.61 Å². The summed E-state index contributed by atoms with van der Waals surface area (Å²) in [6, 6.07) is 11.2. The van der Waals surface area contributed by atoms with E-state index < -0.39 is 27.7 Å². The van der Waals surface area contributed by atoms with Crippen molar-refractivity contribution in [2.45, 2.75) is 26.4 Å². The third kappa shape index (κ3) is 5.22. The van der Waals surface area contributed by atoms with Crippen molar-refractivity contribution in [2.24, 2.45) is 5.41 Å². The van der Waals surface area contributed by atoms with Crippen LogP contribution in [-0.2, 0) is 9.84 Å². The smallest absolute Gasteiger partial charge is 0.387 e. The van der Waals surface area contributed by atoms with Crippen LogP contribution in [0.5, 0.6) is 5.75 Å². The number of carbonyl (C=O) groups excluding carboxylic acids is 1. The molecule has 37 heavy (non-hydrogen) atoms. The van der Waals surface area contributed by atoms with Gasteiger partial charge in [-0.25, -0.2) is 22.8 Å². The van der Waals surface area contributed by atoms with Crippen LogP contribution < -0.4 is 4.74 Å². The second kappa shape index (κ2) is 9.29. The van der Waals surface area contributed by atoms with Crippen LogP contribution in [-0.4, -0.2) is 46.9 Å². The Morgan fingerprint density at radius 1 is 1.16 bits per heavy atom. The van der Waals surface area contributed by atoms with E-state index in [1.54, 1.807) is 48.0 Å². The Balaban J connectivity index is 1.59. The number of rotatable bonds is 7. The SMILES string of the molecule is CC1(CC(=O)c2ccc3c(-c4cccc(OC(F)F)c4)cn(-c4ncc(F)cn4)c3c2)CCS(=O)(=O)C1. The number of carbonyl (C=O) groups is 1. The van der Waals surface area contributed by atoms with E-state index in [9.17, 15) is 26.4 Å². The lowest BCUT2D eigenvalue weighted by Gasteiger charge is -2.20. The van der Waals surface area contributed by atoms with Crippen molar-refractivity contribution >= 4 is 26.5 Å². The van der Waals surface area contributed by atoms with E-state index in [4.69, 9.17) is 0 Å². The molecule has 1 fully saturated rings. The summed E-state index contributed by atoms with van der Waals surface area (Å²) in [4.78, 5) is 21.3. The number of halogens is 3. The van der Waals surface area contributed by atoms with Gasteiger partial charge in [0.05, 0.1) is 29.4 Å². The molecule has 0 bridgehead atoms. The summed E-state index contributed by atoms with van der Waals surface area (Å²) in [6.07, 6.45) is 4.21. The van der Waals surface area contributed by atoms with Crippen LogP contribution in [0.4, 0.5) is 13.2 Å². The molecular formula is C26H22F3N3O4S. The minimum atomic E-state index is -3.16. The van der Waals surface area contributed by atoms with E-state index in [0.29, 0.717) is 34.0 Å². The average molecular weight is 530 g/mol. The van der Waals surface area contributed by atoms with Crippen LogP contribution in [0.1, 0.15) is 30.1 Å².